The van der Waals surface area contributed by atoms with Crippen LogP contribution in [-0.2, 0) is 0 Å². The first-order valence-corrected chi connectivity index (χ1v) is 7.97. The highest BCUT2D eigenvalue weighted by atomic mass is 16.5. The van der Waals surface area contributed by atoms with Crippen LogP contribution < -0.4 is 4.74 Å². The van der Waals surface area contributed by atoms with E-state index >= 15 is 0 Å². The van der Waals surface area contributed by atoms with Crippen molar-refractivity contribution in [1.29, 1.82) is 0 Å². The Morgan fingerprint density at radius 3 is 2.00 bits per heavy atom. The highest BCUT2D eigenvalue weighted by Gasteiger charge is 2.27. The molecular formula is C21H24O. The molecule has 1 atom stereocenters. The average molecular weight is 292 g/mol. The molecule has 1 aliphatic rings. The number of allylic oxidation sites excluding steroid dienone is 1. The number of ether oxygens (including phenoxy) is 1. The molecular weight excluding hydrogens is 268 g/mol. The molecule has 2 aromatic rings. The third kappa shape index (κ3) is 2.08. The second-order valence-electron chi connectivity index (χ2n) is 6.39. The summed E-state index contributed by atoms with van der Waals surface area (Å²) in [7, 11) is 0. The van der Waals surface area contributed by atoms with Crippen molar-refractivity contribution >= 4 is 5.57 Å². The topological polar surface area (TPSA) is 9.23 Å². The van der Waals surface area contributed by atoms with E-state index in [0.29, 0.717) is 0 Å². The van der Waals surface area contributed by atoms with Gasteiger partial charge in [0.05, 0.1) is 0 Å². The van der Waals surface area contributed by atoms with E-state index in [1.165, 1.54) is 44.5 Å². The summed E-state index contributed by atoms with van der Waals surface area (Å²) in [6.07, 6.45) is 0.150. The van der Waals surface area contributed by atoms with Gasteiger partial charge in [0.1, 0.15) is 11.9 Å². The third-order valence-electron chi connectivity index (χ3n) is 5.19. The Morgan fingerprint density at radius 1 is 0.773 bits per heavy atom. The number of hydrogen-bond acceptors (Lipinski definition) is 1. The van der Waals surface area contributed by atoms with Gasteiger partial charge < -0.3 is 4.74 Å². The van der Waals surface area contributed by atoms with Crippen molar-refractivity contribution in [3.63, 3.8) is 0 Å². The third-order valence-corrected chi connectivity index (χ3v) is 5.19. The van der Waals surface area contributed by atoms with Gasteiger partial charge >= 0.3 is 0 Å². The smallest absolute Gasteiger partial charge is 0.131 e. The summed E-state index contributed by atoms with van der Waals surface area (Å²) in [5, 5.41) is 0. The second kappa shape index (κ2) is 5.31. The minimum atomic E-state index is 0.150. The van der Waals surface area contributed by atoms with Crippen LogP contribution >= 0.6 is 0 Å². The molecule has 2 aromatic carbocycles. The van der Waals surface area contributed by atoms with Crippen molar-refractivity contribution < 1.29 is 4.74 Å². The summed E-state index contributed by atoms with van der Waals surface area (Å²) in [5.41, 5.74) is 10.5. The fourth-order valence-corrected chi connectivity index (χ4v) is 3.53. The molecule has 0 bridgehead atoms. The Bertz CT molecular complexity index is 766. The summed E-state index contributed by atoms with van der Waals surface area (Å²) in [5.74, 6) is 1.07. The average Bonchev–Trinajstić information content (AvgIpc) is 2.51. The maximum Gasteiger partial charge on any atom is 0.131 e. The number of hydrogen-bond donors (Lipinski definition) is 0. The van der Waals surface area contributed by atoms with Crippen LogP contribution in [0.5, 0.6) is 5.75 Å². The number of benzene rings is 2. The lowest BCUT2D eigenvalue weighted by atomic mass is 9.83. The molecule has 0 saturated heterocycles. The Morgan fingerprint density at radius 2 is 1.36 bits per heavy atom. The van der Waals surface area contributed by atoms with Gasteiger partial charge in [0.15, 0.2) is 0 Å². The molecule has 0 spiro atoms. The Kier molecular flexibility index (Phi) is 3.60. The van der Waals surface area contributed by atoms with E-state index in [1.807, 2.05) is 0 Å². The van der Waals surface area contributed by atoms with E-state index in [9.17, 15) is 0 Å². The zero-order valence-corrected chi connectivity index (χ0v) is 14.4. The first-order valence-electron chi connectivity index (χ1n) is 7.97. The summed E-state index contributed by atoms with van der Waals surface area (Å²) < 4.78 is 6.29. The van der Waals surface area contributed by atoms with Crippen LogP contribution in [0, 0.1) is 20.8 Å². The van der Waals surface area contributed by atoms with Crippen molar-refractivity contribution in [3.8, 4) is 16.9 Å². The quantitative estimate of drug-likeness (QED) is 0.640. The normalized spacial score (nSPS) is 17.3. The van der Waals surface area contributed by atoms with Crippen LogP contribution in [-0.4, -0.2) is 6.10 Å². The van der Waals surface area contributed by atoms with Crippen molar-refractivity contribution in [2.24, 2.45) is 0 Å². The van der Waals surface area contributed by atoms with E-state index in [0.717, 1.165) is 5.75 Å². The minimum absolute atomic E-state index is 0.150. The molecule has 0 aromatic heterocycles. The Balaban J connectivity index is 2.36. The van der Waals surface area contributed by atoms with Crippen molar-refractivity contribution in [2.75, 3.05) is 0 Å². The van der Waals surface area contributed by atoms with Gasteiger partial charge in [0, 0.05) is 5.56 Å². The molecule has 3 rings (SSSR count). The predicted octanol–water partition coefficient (Wildman–Crippen LogP) is 5.85. The van der Waals surface area contributed by atoms with Crippen LogP contribution in [0.2, 0.25) is 0 Å². The molecule has 0 amide bonds. The van der Waals surface area contributed by atoms with Gasteiger partial charge in [-0.25, -0.2) is 0 Å². The fourth-order valence-electron chi connectivity index (χ4n) is 3.53. The largest absolute Gasteiger partial charge is 0.485 e. The summed E-state index contributed by atoms with van der Waals surface area (Å²) in [6, 6.07) is 10.6. The SMILES string of the molecule is CC1=C(C)C(C)Oc2c(C)c(-c3ccccc3)c(C)c(C)c21. The van der Waals surface area contributed by atoms with E-state index in [2.05, 4.69) is 71.9 Å². The summed E-state index contributed by atoms with van der Waals surface area (Å²) in [4.78, 5) is 0. The van der Waals surface area contributed by atoms with Gasteiger partial charge in [0.25, 0.3) is 0 Å². The highest BCUT2D eigenvalue weighted by Crippen LogP contribution is 2.45. The molecule has 1 heterocycles. The van der Waals surface area contributed by atoms with Gasteiger partial charge in [-0.1, -0.05) is 30.3 Å². The molecule has 0 fully saturated rings. The molecule has 114 valence electrons. The summed E-state index contributed by atoms with van der Waals surface area (Å²) >= 11 is 0. The zero-order chi connectivity index (χ0) is 16.0. The lowest BCUT2D eigenvalue weighted by Crippen LogP contribution is -2.21. The van der Waals surface area contributed by atoms with Crippen LogP contribution in [0.25, 0.3) is 16.7 Å². The van der Waals surface area contributed by atoms with E-state index in [-0.39, 0.29) is 6.10 Å². The first kappa shape index (κ1) is 14.9. The van der Waals surface area contributed by atoms with Gasteiger partial charge in [-0.3, -0.25) is 0 Å². The van der Waals surface area contributed by atoms with E-state index < -0.39 is 0 Å². The van der Waals surface area contributed by atoms with Crippen LogP contribution in [0.3, 0.4) is 0 Å². The standard InChI is InChI=1S/C21H24O/c1-12-13(2)20-15(4)14(3)19(18-10-8-7-9-11-18)16(5)21(20)22-17(12)6/h7-11,17H,1-6H3. The predicted molar refractivity (Wildman–Crippen MR) is 94.4 cm³/mol. The molecule has 0 radical (unpaired) electrons. The monoisotopic (exact) mass is 292 g/mol. The summed E-state index contributed by atoms with van der Waals surface area (Å²) in [6.45, 7) is 13.2. The Hall–Kier alpha value is -2.02. The van der Waals surface area contributed by atoms with Gasteiger partial charge in [-0.2, -0.15) is 0 Å². The molecule has 1 heteroatoms. The minimum Gasteiger partial charge on any atom is -0.485 e. The molecule has 1 unspecified atom stereocenters. The lowest BCUT2D eigenvalue weighted by molar-refractivity contribution is 0.250. The van der Waals surface area contributed by atoms with Gasteiger partial charge in [0.2, 0.25) is 0 Å². The van der Waals surface area contributed by atoms with Crippen LogP contribution in [0.15, 0.2) is 35.9 Å². The van der Waals surface area contributed by atoms with E-state index in [4.69, 9.17) is 4.74 Å². The lowest BCUT2D eigenvalue weighted by Gasteiger charge is -2.31. The van der Waals surface area contributed by atoms with E-state index in [1.54, 1.807) is 0 Å². The van der Waals surface area contributed by atoms with Gasteiger partial charge in [-0.05, 0) is 80.5 Å². The number of rotatable bonds is 1. The Labute approximate surface area is 133 Å². The van der Waals surface area contributed by atoms with Crippen molar-refractivity contribution in [1.82, 2.24) is 0 Å². The molecule has 0 saturated carbocycles. The van der Waals surface area contributed by atoms with Crippen molar-refractivity contribution in [2.45, 2.75) is 47.6 Å². The molecule has 1 aliphatic heterocycles. The molecule has 22 heavy (non-hydrogen) atoms. The first-order chi connectivity index (χ1) is 10.4. The van der Waals surface area contributed by atoms with Crippen LogP contribution in [0.1, 0.15) is 43.0 Å². The van der Waals surface area contributed by atoms with Crippen LogP contribution in [0.4, 0.5) is 0 Å². The highest BCUT2D eigenvalue weighted by molar-refractivity contribution is 5.85. The zero-order valence-electron chi connectivity index (χ0n) is 14.4. The maximum atomic E-state index is 6.29. The molecule has 1 nitrogen and oxygen atoms in total. The maximum absolute atomic E-state index is 6.29. The number of fused-ring (bicyclic) bond motifs is 1. The molecule has 0 aliphatic carbocycles. The molecule has 0 N–H and O–H groups in total. The fraction of sp³-hybridized carbons (Fsp3) is 0.333. The second-order valence-corrected chi connectivity index (χ2v) is 6.39. The van der Waals surface area contributed by atoms with Gasteiger partial charge in [-0.15, -0.1) is 0 Å². The van der Waals surface area contributed by atoms with Crippen molar-refractivity contribution in [3.05, 3.63) is 58.2 Å².